The Hall–Kier alpha value is -4.40. The predicted molar refractivity (Wildman–Crippen MR) is 123 cm³/mol. The Morgan fingerprint density at radius 1 is 1.18 bits per heavy atom. The molecular formula is C19H15BrFN7O6. The highest BCUT2D eigenvalue weighted by Crippen LogP contribution is 2.42. The molecule has 176 valence electrons. The molecule has 34 heavy (non-hydrogen) atoms. The highest BCUT2D eigenvalue weighted by Gasteiger charge is 2.23. The van der Waals surface area contributed by atoms with Gasteiger partial charge in [0, 0.05) is 13.1 Å². The molecule has 0 saturated carbocycles. The normalized spacial score (nSPS) is 10.7. The summed E-state index contributed by atoms with van der Waals surface area (Å²) in [6.07, 6.45) is 2.39. The first-order valence-corrected chi connectivity index (χ1v) is 10.0. The van der Waals surface area contributed by atoms with Crippen LogP contribution in [0.25, 0.3) is 0 Å². The van der Waals surface area contributed by atoms with Gasteiger partial charge in [-0.05, 0) is 39.7 Å². The molecule has 1 heterocycles. The summed E-state index contributed by atoms with van der Waals surface area (Å²) < 4.78 is 24.8. The first-order chi connectivity index (χ1) is 16.2. The summed E-state index contributed by atoms with van der Waals surface area (Å²) in [6.45, 7) is 0. The molecule has 0 saturated heterocycles. The van der Waals surface area contributed by atoms with Crippen LogP contribution in [0.1, 0.15) is 5.56 Å². The van der Waals surface area contributed by atoms with Crippen molar-refractivity contribution < 1.29 is 23.7 Å². The molecule has 0 unspecified atom stereocenters. The zero-order valence-electron chi connectivity index (χ0n) is 17.5. The molecule has 1 aromatic heterocycles. The van der Waals surface area contributed by atoms with E-state index >= 15 is 0 Å². The van der Waals surface area contributed by atoms with Crippen LogP contribution in [0, 0.1) is 26.0 Å². The number of non-ortho nitro benzene ring substituents is 1. The molecule has 15 heteroatoms. The van der Waals surface area contributed by atoms with Crippen molar-refractivity contribution in [3.63, 3.8) is 0 Å². The number of rotatable bonds is 9. The fraction of sp³-hybridized carbons (Fsp3) is 0.105. The topological polar surface area (TPSA) is 167 Å². The lowest BCUT2D eigenvalue weighted by atomic mass is 10.2. The number of nitro groups is 2. The van der Waals surface area contributed by atoms with Crippen LogP contribution >= 0.6 is 15.9 Å². The Morgan fingerprint density at radius 2 is 1.94 bits per heavy atom. The van der Waals surface area contributed by atoms with Crippen LogP contribution in [0.3, 0.4) is 0 Å². The van der Waals surface area contributed by atoms with Gasteiger partial charge < -0.3 is 14.8 Å². The molecule has 2 aromatic carbocycles. The molecule has 0 aliphatic heterocycles. The van der Waals surface area contributed by atoms with Crippen molar-refractivity contribution in [2.45, 2.75) is 0 Å². The standard InChI is InChI=1S/C19H15BrFN7O6/c1-22-18-13(21)9-23-19(25-18)26-24-8-10-5-12(20)17(16(6-10)33-2)34-15-4-3-11(27(29)30)7-14(15)28(31)32/h3-9H,1-2H3,(H2,22,23,25,26)/b24-8-. The Morgan fingerprint density at radius 3 is 2.59 bits per heavy atom. The second-order valence-electron chi connectivity index (χ2n) is 6.31. The average Bonchev–Trinajstić information content (AvgIpc) is 2.81. The Labute approximate surface area is 199 Å². The molecule has 0 aliphatic carbocycles. The van der Waals surface area contributed by atoms with Gasteiger partial charge in [-0.3, -0.25) is 20.2 Å². The first kappa shape index (κ1) is 24.2. The van der Waals surface area contributed by atoms with Crippen LogP contribution in [-0.2, 0) is 0 Å². The van der Waals surface area contributed by atoms with E-state index in [4.69, 9.17) is 9.47 Å². The van der Waals surface area contributed by atoms with Gasteiger partial charge in [0.25, 0.3) is 5.69 Å². The van der Waals surface area contributed by atoms with Crippen molar-refractivity contribution in [3.05, 3.63) is 72.6 Å². The number of nitrogens with zero attached hydrogens (tertiary/aromatic N) is 5. The number of nitrogens with one attached hydrogen (secondary N) is 2. The minimum atomic E-state index is -0.785. The van der Waals surface area contributed by atoms with E-state index in [0.29, 0.717) is 10.0 Å². The number of benzene rings is 2. The predicted octanol–water partition coefficient (Wildman–Crippen LogP) is 4.48. The van der Waals surface area contributed by atoms with E-state index in [2.05, 4.69) is 41.7 Å². The van der Waals surface area contributed by atoms with Gasteiger partial charge in [-0.1, -0.05) is 0 Å². The minimum Gasteiger partial charge on any atom is -0.493 e. The number of methoxy groups -OCH3 is 1. The van der Waals surface area contributed by atoms with E-state index in [0.717, 1.165) is 24.4 Å². The first-order valence-electron chi connectivity index (χ1n) is 9.21. The Balaban J connectivity index is 1.86. The summed E-state index contributed by atoms with van der Waals surface area (Å²) in [5.74, 6) is -0.484. The van der Waals surface area contributed by atoms with Gasteiger partial charge in [-0.25, -0.2) is 14.8 Å². The number of hydrazone groups is 1. The highest BCUT2D eigenvalue weighted by molar-refractivity contribution is 9.10. The number of hydrogen-bond acceptors (Lipinski definition) is 11. The van der Waals surface area contributed by atoms with Crippen molar-refractivity contribution in [1.82, 2.24) is 9.97 Å². The maximum atomic E-state index is 13.5. The number of aromatic nitrogens is 2. The maximum Gasteiger partial charge on any atom is 0.318 e. The van der Waals surface area contributed by atoms with Crippen LogP contribution in [-0.4, -0.2) is 40.2 Å². The van der Waals surface area contributed by atoms with Crippen LogP contribution in [0.15, 0.2) is 46.1 Å². The van der Waals surface area contributed by atoms with Gasteiger partial charge in [0.05, 0.1) is 39.9 Å². The zero-order valence-corrected chi connectivity index (χ0v) is 19.1. The monoisotopic (exact) mass is 535 g/mol. The lowest BCUT2D eigenvalue weighted by Crippen LogP contribution is -2.03. The van der Waals surface area contributed by atoms with Crippen molar-refractivity contribution >= 4 is 45.3 Å². The van der Waals surface area contributed by atoms with Crippen molar-refractivity contribution in [1.29, 1.82) is 0 Å². The van der Waals surface area contributed by atoms with E-state index < -0.39 is 27.0 Å². The highest BCUT2D eigenvalue weighted by atomic mass is 79.9. The Kier molecular flexibility index (Phi) is 7.47. The summed E-state index contributed by atoms with van der Waals surface area (Å²) in [5.41, 5.74) is 2.06. The summed E-state index contributed by atoms with van der Waals surface area (Å²) in [6, 6.07) is 6.15. The van der Waals surface area contributed by atoms with E-state index in [-0.39, 0.29) is 29.0 Å². The van der Waals surface area contributed by atoms with Gasteiger partial charge in [0.2, 0.25) is 11.7 Å². The van der Waals surface area contributed by atoms with E-state index in [9.17, 15) is 24.6 Å². The maximum absolute atomic E-state index is 13.5. The Bertz CT molecular complexity index is 1290. The summed E-state index contributed by atoms with van der Waals surface area (Å²) in [5, 5.41) is 28.9. The van der Waals surface area contributed by atoms with Crippen LogP contribution in [0.2, 0.25) is 0 Å². The summed E-state index contributed by atoms with van der Waals surface area (Å²) in [4.78, 5) is 28.4. The molecule has 0 amide bonds. The molecule has 0 aliphatic rings. The number of anilines is 2. The molecule has 13 nitrogen and oxygen atoms in total. The molecule has 0 spiro atoms. The molecule has 3 rings (SSSR count). The second-order valence-corrected chi connectivity index (χ2v) is 7.17. The quantitative estimate of drug-likeness (QED) is 0.226. The smallest absolute Gasteiger partial charge is 0.318 e. The molecule has 2 N–H and O–H groups in total. The fourth-order valence-corrected chi connectivity index (χ4v) is 3.17. The molecule has 3 aromatic rings. The minimum absolute atomic E-state index is 0.000970. The fourth-order valence-electron chi connectivity index (χ4n) is 2.63. The van der Waals surface area contributed by atoms with E-state index in [1.54, 1.807) is 6.07 Å². The van der Waals surface area contributed by atoms with Gasteiger partial charge in [-0.2, -0.15) is 10.1 Å². The number of ether oxygens (including phenoxy) is 2. The molecule has 0 radical (unpaired) electrons. The van der Waals surface area contributed by atoms with E-state index in [1.165, 1.54) is 26.4 Å². The van der Waals surface area contributed by atoms with Crippen molar-refractivity contribution in [2.24, 2.45) is 5.10 Å². The second kappa shape index (κ2) is 10.5. The van der Waals surface area contributed by atoms with E-state index in [1.807, 2.05) is 0 Å². The number of halogens is 2. The third kappa shape index (κ3) is 5.50. The summed E-state index contributed by atoms with van der Waals surface area (Å²) in [7, 11) is 2.88. The van der Waals surface area contributed by atoms with Crippen LogP contribution < -0.4 is 20.2 Å². The van der Waals surface area contributed by atoms with Gasteiger partial charge >= 0.3 is 5.69 Å². The zero-order chi connectivity index (χ0) is 24.8. The average molecular weight is 536 g/mol. The third-order valence-electron chi connectivity index (χ3n) is 4.17. The van der Waals surface area contributed by atoms with Gasteiger partial charge in [0.1, 0.15) is 0 Å². The molecular weight excluding hydrogens is 521 g/mol. The molecule has 0 atom stereocenters. The lowest BCUT2D eigenvalue weighted by Gasteiger charge is -2.13. The van der Waals surface area contributed by atoms with Crippen molar-refractivity contribution in [3.8, 4) is 17.2 Å². The van der Waals surface area contributed by atoms with Gasteiger partial charge in [-0.15, -0.1) is 0 Å². The van der Waals surface area contributed by atoms with Crippen LogP contribution in [0.4, 0.5) is 27.5 Å². The number of hydrogen-bond donors (Lipinski definition) is 2. The third-order valence-corrected chi connectivity index (χ3v) is 4.76. The van der Waals surface area contributed by atoms with Gasteiger partial charge in [0.15, 0.2) is 23.1 Å². The molecule has 0 bridgehead atoms. The SMILES string of the molecule is CNc1nc(N/N=C\c2cc(Br)c(Oc3ccc([N+](=O)[O-])cc3[N+](=O)[O-])c(OC)c2)ncc1F. The summed E-state index contributed by atoms with van der Waals surface area (Å²) >= 11 is 3.32. The van der Waals surface area contributed by atoms with Crippen molar-refractivity contribution in [2.75, 3.05) is 24.9 Å². The van der Waals surface area contributed by atoms with Crippen LogP contribution in [0.5, 0.6) is 17.2 Å². The molecule has 0 fully saturated rings. The largest absolute Gasteiger partial charge is 0.493 e. The lowest BCUT2D eigenvalue weighted by molar-refractivity contribution is -0.394. The number of nitro benzene ring substituents is 2.